The van der Waals surface area contributed by atoms with Crippen molar-refractivity contribution in [2.24, 2.45) is 11.3 Å². The zero-order valence-electron chi connectivity index (χ0n) is 27.2. The molecule has 0 aliphatic heterocycles. The predicted molar refractivity (Wildman–Crippen MR) is 177 cm³/mol. The van der Waals surface area contributed by atoms with Gasteiger partial charge in [0.05, 0.1) is 6.61 Å². The van der Waals surface area contributed by atoms with Gasteiger partial charge in [-0.15, -0.1) is 0 Å². The van der Waals surface area contributed by atoms with E-state index >= 15 is 0 Å². The van der Waals surface area contributed by atoms with Crippen LogP contribution in [0.1, 0.15) is 74.7 Å². The van der Waals surface area contributed by atoms with E-state index in [-0.39, 0.29) is 16.0 Å². The third kappa shape index (κ3) is 6.88. The fraction of sp³-hybridized carbons (Fsp3) is 0.571. The Kier molecular flexibility index (Phi) is 10.2. The molecule has 0 unspecified atom stereocenters. The summed E-state index contributed by atoms with van der Waals surface area (Å²) >= 11 is 0. The molecule has 0 amide bonds. The number of carbonyl (C=O) groups is 1. The van der Waals surface area contributed by atoms with Gasteiger partial charge in [-0.25, -0.2) is 0 Å². The van der Waals surface area contributed by atoms with Crippen molar-refractivity contribution >= 4 is 33.3 Å². The van der Waals surface area contributed by atoms with Crippen LogP contribution in [0.25, 0.3) is 0 Å². The van der Waals surface area contributed by atoms with Crippen molar-refractivity contribution < 1.29 is 18.8 Å². The van der Waals surface area contributed by atoms with Crippen LogP contribution in [0.5, 0.6) is 0 Å². The quantitative estimate of drug-likeness (QED) is 0.129. The number of rotatable bonds is 11. The van der Waals surface area contributed by atoms with E-state index in [1.165, 1.54) is 10.4 Å². The van der Waals surface area contributed by atoms with Crippen molar-refractivity contribution in [1.82, 2.24) is 0 Å². The number of benzene rings is 2. The summed E-state index contributed by atoms with van der Waals surface area (Å²) in [7, 11) is -4.58. The topological polar surface area (TPSA) is 55.8 Å². The Morgan fingerprint density at radius 3 is 1.85 bits per heavy atom. The van der Waals surface area contributed by atoms with E-state index in [4.69, 9.17) is 8.85 Å². The molecule has 226 valence electrons. The molecule has 0 radical (unpaired) electrons. The van der Waals surface area contributed by atoms with Crippen molar-refractivity contribution in [3.63, 3.8) is 0 Å². The van der Waals surface area contributed by atoms with Crippen molar-refractivity contribution in [3.8, 4) is 0 Å². The van der Waals surface area contributed by atoms with Crippen LogP contribution in [-0.4, -0.2) is 46.8 Å². The molecular formula is C35H54O4Si2. The lowest BCUT2D eigenvalue weighted by molar-refractivity contribution is -0.139. The Balaban J connectivity index is 1.95. The van der Waals surface area contributed by atoms with Gasteiger partial charge in [0, 0.05) is 12.0 Å². The molecule has 4 nitrogen and oxygen atoms in total. The number of hydrogen-bond acceptors (Lipinski definition) is 4. The van der Waals surface area contributed by atoms with E-state index in [1.807, 2.05) is 6.92 Å². The second kappa shape index (κ2) is 12.4. The lowest BCUT2D eigenvalue weighted by Crippen LogP contribution is -2.66. The van der Waals surface area contributed by atoms with E-state index in [1.54, 1.807) is 0 Å². The second-order valence-electron chi connectivity index (χ2n) is 14.9. The zero-order chi connectivity index (χ0) is 30.7. The maximum absolute atomic E-state index is 12.4. The van der Waals surface area contributed by atoms with Crippen LogP contribution in [-0.2, 0) is 13.6 Å². The van der Waals surface area contributed by atoms with Crippen molar-refractivity contribution in [3.05, 3.63) is 72.3 Å². The van der Waals surface area contributed by atoms with Gasteiger partial charge in [-0.1, -0.05) is 122 Å². The fourth-order valence-electron chi connectivity index (χ4n) is 6.10. The maximum Gasteiger partial charge on any atom is 0.261 e. The average molecular weight is 595 g/mol. The Hall–Kier alpha value is -1.84. The van der Waals surface area contributed by atoms with Gasteiger partial charge in [0.15, 0.2) is 14.6 Å². The Labute approximate surface area is 251 Å². The number of aliphatic hydroxyl groups is 1. The maximum atomic E-state index is 12.4. The molecule has 3 atom stereocenters. The minimum absolute atomic E-state index is 0.0278. The molecule has 6 heteroatoms. The smallest absolute Gasteiger partial charge is 0.261 e. The molecule has 0 heterocycles. The van der Waals surface area contributed by atoms with Gasteiger partial charge < -0.3 is 18.8 Å². The number of aldehydes is 1. The molecule has 0 bridgehead atoms. The molecule has 41 heavy (non-hydrogen) atoms. The molecule has 1 N–H and O–H groups in total. The van der Waals surface area contributed by atoms with Gasteiger partial charge in [0.25, 0.3) is 8.32 Å². The minimum Gasteiger partial charge on any atom is -0.417 e. The van der Waals surface area contributed by atoms with Gasteiger partial charge in [-0.05, 0) is 64.3 Å². The molecule has 0 spiro atoms. The third-order valence-electron chi connectivity index (χ3n) is 9.92. The van der Waals surface area contributed by atoms with Crippen LogP contribution in [0.2, 0.25) is 23.2 Å². The molecule has 0 saturated carbocycles. The first-order chi connectivity index (χ1) is 18.9. The lowest BCUT2D eigenvalue weighted by Gasteiger charge is -2.47. The highest BCUT2D eigenvalue weighted by Gasteiger charge is 2.52. The monoisotopic (exact) mass is 594 g/mol. The number of hydrogen-bond donors (Lipinski definition) is 1. The Bertz CT molecular complexity index is 1140. The molecule has 2 aromatic rings. The fourth-order valence-corrected chi connectivity index (χ4v) is 11.7. The van der Waals surface area contributed by atoms with Crippen LogP contribution in [0, 0.1) is 11.3 Å². The molecular weight excluding hydrogens is 541 g/mol. The largest absolute Gasteiger partial charge is 0.417 e. The standard InChI is InChI=1S/C35H54O4Si2/c1-28-24-35(37,27-36)34(8,22-17-23-38-40(9,10)32(2,3)4)25-29(28)26-39-41(33(5,6)7,30-18-13-11-14-19-30)31-20-15-12-16-21-31/h11-16,18-21,25,27-28,37H,17,22-24,26H2,1-10H3/t28-,34-,35-/m0/s1. The first-order valence-electron chi connectivity index (χ1n) is 15.2. The summed E-state index contributed by atoms with van der Waals surface area (Å²) in [6, 6.07) is 21.4. The highest BCUT2D eigenvalue weighted by Crippen LogP contribution is 2.48. The molecule has 1 aliphatic carbocycles. The van der Waals surface area contributed by atoms with Crippen LogP contribution in [0.3, 0.4) is 0 Å². The van der Waals surface area contributed by atoms with Crippen LogP contribution in [0.4, 0.5) is 0 Å². The first kappa shape index (κ1) is 33.7. The molecule has 1 aliphatic rings. The summed E-state index contributed by atoms with van der Waals surface area (Å²) in [5, 5.41) is 14.1. The van der Waals surface area contributed by atoms with E-state index in [0.29, 0.717) is 26.1 Å². The minimum atomic E-state index is -2.71. The summed E-state index contributed by atoms with van der Waals surface area (Å²) in [6.07, 6.45) is 4.79. The zero-order valence-corrected chi connectivity index (χ0v) is 29.2. The predicted octanol–water partition coefficient (Wildman–Crippen LogP) is 7.27. The molecule has 0 aromatic heterocycles. The van der Waals surface area contributed by atoms with Crippen LogP contribution < -0.4 is 10.4 Å². The van der Waals surface area contributed by atoms with E-state index in [2.05, 4.69) is 128 Å². The summed E-state index contributed by atoms with van der Waals surface area (Å²) < 4.78 is 13.7. The summed E-state index contributed by atoms with van der Waals surface area (Å²) in [5.41, 5.74) is -0.940. The number of carbonyl (C=O) groups excluding carboxylic acids is 1. The normalized spacial score (nSPS) is 24.2. The Morgan fingerprint density at radius 2 is 1.41 bits per heavy atom. The van der Waals surface area contributed by atoms with Crippen LogP contribution in [0.15, 0.2) is 72.3 Å². The summed E-state index contributed by atoms with van der Waals surface area (Å²) in [4.78, 5) is 12.4. The van der Waals surface area contributed by atoms with E-state index in [0.717, 1.165) is 18.3 Å². The van der Waals surface area contributed by atoms with E-state index in [9.17, 15) is 9.90 Å². The molecule has 0 fully saturated rings. The molecule has 2 aromatic carbocycles. The van der Waals surface area contributed by atoms with Crippen molar-refractivity contribution in [2.75, 3.05) is 13.2 Å². The highest BCUT2D eigenvalue weighted by atomic mass is 28.4. The Morgan fingerprint density at radius 1 is 0.902 bits per heavy atom. The summed E-state index contributed by atoms with van der Waals surface area (Å²) in [6.45, 7) is 23.4. The van der Waals surface area contributed by atoms with Gasteiger partial charge in [0.1, 0.15) is 5.60 Å². The van der Waals surface area contributed by atoms with Gasteiger partial charge in [-0.3, -0.25) is 0 Å². The lowest BCUT2D eigenvalue weighted by atomic mass is 9.62. The third-order valence-corrected chi connectivity index (χ3v) is 19.4. The average Bonchev–Trinajstić information content (AvgIpc) is 2.90. The molecule has 0 saturated heterocycles. The second-order valence-corrected chi connectivity index (χ2v) is 24.1. The summed E-state index contributed by atoms with van der Waals surface area (Å²) in [5.74, 6) is 0.0278. The molecule has 3 rings (SSSR count). The van der Waals surface area contributed by atoms with Gasteiger partial charge in [-0.2, -0.15) is 0 Å². The van der Waals surface area contributed by atoms with Gasteiger partial charge in [0.2, 0.25) is 0 Å². The van der Waals surface area contributed by atoms with Gasteiger partial charge >= 0.3 is 0 Å². The SMILES string of the molecule is C[C@H]1C[C@](O)(C=O)[C@@](C)(CCCO[Si](C)(C)C(C)(C)C)C=C1CO[Si](c1ccccc1)(c1ccccc1)C(C)(C)C. The van der Waals surface area contributed by atoms with Crippen LogP contribution >= 0.6 is 0 Å². The van der Waals surface area contributed by atoms with Crippen molar-refractivity contribution in [1.29, 1.82) is 0 Å². The van der Waals surface area contributed by atoms with E-state index < -0.39 is 27.7 Å². The first-order valence-corrected chi connectivity index (χ1v) is 20.0. The van der Waals surface area contributed by atoms with Crippen molar-refractivity contribution in [2.45, 2.75) is 103 Å². The highest BCUT2D eigenvalue weighted by molar-refractivity contribution is 6.99.